The molecule has 3 aromatic heterocycles. The van der Waals surface area contributed by atoms with Crippen LogP contribution in [0.4, 0.5) is 0 Å². The van der Waals surface area contributed by atoms with E-state index < -0.39 is 0 Å². The molecule has 0 bridgehead atoms. The molecule has 0 saturated carbocycles. The quantitative estimate of drug-likeness (QED) is 0.565. The van der Waals surface area contributed by atoms with E-state index in [1.165, 1.54) is 22.5 Å². The van der Waals surface area contributed by atoms with Gasteiger partial charge in [-0.05, 0) is 60.6 Å². The van der Waals surface area contributed by atoms with E-state index in [1.54, 1.807) is 16.9 Å². The predicted octanol–water partition coefficient (Wildman–Crippen LogP) is 4.26. The number of imidazole rings is 1. The SMILES string of the molecule is Cc1ccc(Oc2nn3cc(-c4cccnc4)nc3s2)cc1C. The maximum atomic E-state index is 5.84. The summed E-state index contributed by atoms with van der Waals surface area (Å²) in [5.41, 5.74) is 4.27. The molecular formula is C17H14N4OS. The highest BCUT2D eigenvalue weighted by atomic mass is 32.1. The first kappa shape index (κ1) is 13.9. The van der Waals surface area contributed by atoms with E-state index in [0.717, 1.165) is 22.0 Å². The van der Waals surface area contributed by atoms with Gasteiger partial charge in [-0.25, -0.2) is 9.50 Å². The number of fused-ring (bicyclic) bond motifs is 1. The van der Waals surface area contributed by atoms with E-state index >= 15 is 0 Å². The molecule has 114 valence electrons. The van der Waals surface area contributed by atoms with E-state index in [9.17, 15) is 0 Å². The molecule has 0 atom stereocenters. The fourth-order valence-electron chi connectivity index (χ4n) is 2.25. The van der Waals surface area contributed by atoms with Crippen LogP contribution in [0.2, 0.25) is 0 Å². The lowest BCUT2D eigenvalue weighted by Crippen LogP contribution is -1.88. The summed E-state index contributed by atoms with van der Waals surface area (Å²) in [7, 11) is 0. The van der Waals surface area contributed by atoms with Gasteiger partial charge in [0.15, 0.2) is 0 Å². The molecule has 0 saturated heterocycles. The van der Waals surface area contributed by atoms with Gasteiger partial charge in [-0.3, -0.25) is 4.98 Å². The lowest BCUT2D eigenvalue weighted by molar-refractivity contribution is 0.470. The van der Waals surface area contributed by atoms with Gasteiger partial charge in [0.1, 0.15) is 5.75 Å². The molecule has 23 heavy (non-hydrogen) atoms. The van der Waals surface area contributed by atoms with Crippen LogP contribution in [0.5, 0.6) is 10.9 Å². The zero-order valence-corrected chi connectivity index (χ0v) is 13.5. The Hall–Kier alpha value is -2.73. The molecule has 0 unspecified atom stereocenters. The number of aryl methyl sites for hydroxylation is 2. The Kier molecular flexibility index (Phi) is 3.31. The van der Waals surface area contributed by atoms with Gasteiger partial charge in [0.2, 0.25) is 4.96 Å². The molecule has 0 aliphatic rings. The second-order valence-electron chi connectivity index (χ2n) is 5.31. The molecule has 6 heteroatoms. The second-order valence-corrected chi connectivity index (χ2v) is 6.23. The molecule has 4 rings (SSSR count). The monoisotopic (exact) mass is 322 g/mol. The van der Waals surface area contributed by atoms with E-state index in [4.69, 9.17) is 4.74 Å². The Morgan fingerprint density at radius 3 is 2.78 bits per heavy atom. The van der Waals surface area contributed by atoms with Crippen molar-refractivity contribution in [2.75, 3.05) is 0 Å². The maximum Gasteiger partial charge on any atom is 0.299 e. The number of hydrogen-bond donors (Lipinski definition) is 0. The summed E-state index contributed by atoms with van der Waals surface area (Å²) in [4.78, 5) is 9.48. The first-order valence-electron chi connectivity index (χ1n) is 7.21. The summed E-state index contributed by atoms with van der Waals surface area (Å²) in [6.07, 6.45) is 5.42. The fraction of sp³-hybridized carbons (Fsp3) is 0.118. The standard InChI is InChI=1S/C17H14N4OS/c1-11-5-6-14(8-12(11)2)22-17-20-21-10-15(19-16(21)23-17)13-4-3-7-18-9-13/h3-10H,1-2H3. The summed E-state index contributed by atoms with van der Waals surface area (Å²) in [6.45, 7) is 4.15. The predicted molar refractivity (Wildman–Crippen MR) is 90.1 cm³/mol. The maximum absolute atomic E-state index is 5.84. The topological polar surface area (TPSA) is 52.3 Å². The molecule has 0 spiro atoms. The molecule has 0 fully saturated rings. The van der Waals surface area contributed by atoms with Gasteiger partial charge in [0.25, 0.3) is 5.19 Å². The molecule has 0 aliphatic heterocycles. The first-order valence-corrected chi connectivity index (χ1v) is 8.02. The molecule has 4 aromatic rings. The van der Waals surface area contributed by atoms with Crippen LogP contribution in [0.15, 0.2) is 48.9 Å². The molecule has 3 heterocycles. The van der Waals surface area contributed by atoms with Crippen LogP contribution in [0.25, 0.3) is 16.2 Å². The van der Waals surface area contributed by atoms with Crippen molar-refractivity contribution in [3.05, 3.63) is 60.0 Å². The van der Waals surface area contributed by atoms with Crippen molar-refractivity contribution in [2.45, 2.75) is 13.8 Å². The average molecular weight is 322 g/mol. The van der Waals surface area contributed by atoms with Gasteiger partial charge in [-0.15, -0.1) is 5.10 Å². The zero-order chi connectivity index (χ0) is 15.8. The van der Waals surface area contributed by atoms with Gasteiger partial charge in [-0.2, -0.15) is 0 Å². The molecule has 0 N–H and O–H groups in total. The van der Waals surface area contributed by atoms with Gasteiger partial charge >= 0.3 is 0 Å². The first-order chi connectivity index (χ1) is 11.2. The largest absolute Gasteiger partial charge is 0.430 e. The molecule has 1 aromatic carbocycles. The highest BCUT2D eigenvalue weighted by Gasteiger charge is 2.11. The Labute approximate surface area is 137 Å². The highest BCUT2D eigenvalue weighted by Crippen LogP contribution is 2.29. The van der Waals surface area contributed by atoms with Crippen LogP contribution < -0.4 is 4.74 Å². The van der Waals surface area contributed by atoms with Crippen molar-refractivity contribution < 1.29 is 4.74 Å². The van der Waals surface area contributed by atoms with Crippen molar-refractivity contribution in [3.63, 3.8) is 0 Å². The third-order valence-electron chi connectivity index (χ3n) is 3.67. The van der Waals surface area contributed by atoms with E-state index in [2.05, 4.69) is 28.9 Å². The summed E-state index contributed by atoms with van der Waals surface area (Å²) >= 11 is 1.42. The Bertz CT molecular complexity index is 943. The Morgan fingerprint density at radius 1 is 1.13 bits per heavy atom. The fourth-order valence-corrected chi connectivity index (χ4v) is 3.01. The number of pyridine rings is 1. The van der Waals surface area contributed by atoms with Gasteiger partial charge in [0, 0.05) is 18.0 Å². The molecule has 0 radical (unpaired) electrons. The summed E-state index contributed by atoms with van der Waals surface area (Å²) in [5, 5.41) is 5.01. The van der Waals surface area contributed by atoms with Crippen LogP contribution >= 0.6 is 11.3 Å². The van der Waals surface area contributed by atoms with E-state index in [1.807, 2.05) is 36.5 Å². The van der Waals surface area contributed by atoms with Crippen molar-refractivity contribution in [2.24, 2.45) is 0 Å². The molecular weight excluding hydrogens is 308 g/mol. The van der Waals surface area contributed by atoms with Crippen LogP contribution in [-0.2, 0) is 0 Å². The van der Waals surface area contributed by atoms with Crippen LogP contribution in [0.3, 0.4) is 0 Å². The Balaban J connectivity index is 1.62. The van der Waals surface area contributed by atoms with Crippen molar-refractivity contribution in [3.8, 4) is 22.2 Å². The number of nitrogens with zero attached hydrogens (tertiary/aromatic N) is 4. The number of rotatable bonds is 3. The average Bonchev–Trinajstić information content (AvgIpc) is 3.10. The number of benzene rings is 1. The minimum absolute atomic E-state index is 0.577. The minimum Gasteiger partial charge on any atom is -0.430 e. The lowest BCUT2D eigenvalue weighted by Gasteiger charge is -2.04. The smallest absolute Gasteiger partial charge is 0.299 e. The van der Waals surface area contributed by atoms with Gasteiger partial charge in [0.05, 0.1) is 11.9 Å². The third kappa shape index (κ3) is 2.68. The number of ether oxygens (including phenoxy) is 1. The molecule has 5 nitrogen and oxygen atoms in total. The third-order valence-corrected chi connectivity index (χ3v) is 4.47. The van der Waals surface area contributed by atoms with E-state index in [-0.39, 0.29) is 0 Å². The lowest BCUT2D eigenvalue weighted by atomic mass is 10.1. The van der Waals surface area contributed by atoms with Gasteiger partial charge in [-0.1, -0.05) is 6.07 Å². The normalized spacial score (nSPS) is 11.0. The summed E-state index contributed by atoms with van der Waals surface area (Å²) in [6, 6.07) is 9.88. The zero-order valence-electron chi connectivity index (χ0n) is 12.7. The van der Waals surface area contributed by atoms with Crippen LogP contribution in [0, 0.1) is 13.8 Å². The second kappa shape index (κ2) is 5.48. The number of hydrogen-bond acceptors (Lipinski definition) is 5. The molecule has 0 amide bonds. The van der Waals surface area contributed by atoms with Crippen molar-refractivity contribution in [1.29, 1.82) is 0 Å². The number of aromatic nitrogens is 4. The van der Waals surface area contributed by atoms with Crippen LogP contribution in [-0.4, -0.2) is 19.6 Å². The molecule has 0 aliphatic carbocycles. The summed E-state index contributed by atoms with van der Waals surface area (Å²) in [5.74, 6) is 0.789. The Morgan fingerprint density at radius 2 is 2.04 bits per heavy atom. The van der Waals surface area contributed by atoms with Crippen molar-refractivity contribution in [1.82, 2.24) is 19.6 Å². The minimum atomic E-state index is 0.577. The van der Waals surface area contributed by atoms with E-state index in [0.29, 0.717) is 5.19 Å². The summed E-state index contributed by atoms with van der Waals surface area (Å²) < 4.78 is 7.58. The highest BCUT2D eigenvalue weighted by molar-refractivity contribution is 7.18. The van der Waals surface area contributed by atoms with Gasteiger partial charge < -0.3 is 4.74 Å². The van der Waals surface area contributed by atoms with Crippen LogP contribution in [0.1, 0.15) is 11.1 Å². The van der Waals surface area contributed by atoms with Crippen molar-refractivity contribution >= 4 is 16.3 Å².